The van der Waals surface area contributed by atoms with Crippen molar-refractivity contribution >= 4 is 12.1 Å². The molecule has 0 aromatic rings. The average Bonchev–Trinajstić information content (AvgIpc) is 2.84. The summed E-state index contributed by atoms with van der Waals surface area (Å²) in [6.07, 6.45) is 6.76. The van der Waals surface area contributed by atoms with Crippen molar-refractivity contribution in [2.45, 2.75) is 77.4 Å². The summed E-state index contributed by atoms with van der Waals surface area (Å²) in [5.74, 6) is 2.09. The van der Waals surface area contributed by atoms with E-state index in [-0.39, 0.29) is 22.8 Å². The summed E-state index contributed by atoms with van der Waals surface area (Å²) in [7, 11) is 0. The zero-order chi connectivity index (χ0) is 17.1. The molecule has 0 unspecified atom stereocenters. The Morgan fingerprint density at radius 1 is 1.08 bits per heavy atom. The van der Waals surface area contributed by atoms with Crippen LogP contribution in [0.1, 0.15) is 65.2 Å². The molecule has 4 fully saturated rings. The van der Waals surface area contributed by atoms with Gasteiger partial charge in [-0.05, 0) is 68.1 Å². The predicted molar refractivity (Wildman–Crippen MR) is 88.4 cm³/mol. The minimum absolute atomic E-state index is 0.000663. The largest absolute Gasteiger partial charge is 0.506 e. The lowest BCUT2D eigenvalue weighted by Gasteiger charge is -2.59. The molecule has 3 aliphatic carbocycles. The summed E-state index contributed by atoms with van der Waals surface area (Å²) in [5.41, 5.74) is 0.213. The van der Waals surface area contributed by atoms with Gasteiger partial charge in [0.25, 0.3) is 0 Å². The van der Waals surface area contributed by atoms with Crippen LogP contribution in [0.3, 0.4) is 0 Å². The Morgan fingerprint density at radius 2 is 1.83 bits per heavy atom. The lowest BCUT2D eigenvalue weighted by Crippen LogP contribution is -2.61. The molecule has 1 heterocycles. The lowest BCUT2D eigenvalue weighted by molar-refractivity contribution is -0.139. The minimum atomic E-state index is -1.13. The monoisotopic (exact) mass is 335 g/mol. The molecule has 1 aliphatic heterocycles. The van der Waals surface area contributed by atoms with Crippen molar-refractivity contribution < 1.29 is 19.4 Å². The van der Waals surface area contributed by atoms with Crippen molar-refractivity contribution in [2.75, 3.05) is 0 Å². The zero-order valence-corrected chi connectivity index (χ0v) is 14.7. The number of fused-ring (bicyclic) bond motifs is 5. The molecule has 5 heteroatoms. The van der Waals surface area contributed by atoms with Gasteiger partial charge in [-0.25, -0.2) is 4.79 Å². The molecule has 3 saturated carbocycles. The normalized spacial score (nSPS) is 50.2. The summed E-state index contributed by atoms with van der Waals surface area (Å²) >= 11 is 0. The second-order valence-electron chi connectivity index (χ2n) is 9.07. The van der Waals surface area contributed by atoms with Crippen LogP contribution in [0.4, 0.5) is 4.79 Å². The Hall–Kier alpha value is -1.26. The van der Waals surface area contributed by atoms with Gasteiger partial charge in [-0.1, -0.05) is 13.8 Å². The lowest BCUT2D eigenvalue weighted by atomic mass is 9.47. The number of nitrogens with one attached hydrogen (secondary N) is 1. The maximum atomic E-state index is 11.8. The number of carbonyl (C=O) groups is 2. The fourth-order valence-electron chi connectivity index (χ4n) is 6.97. The van der Waals surface area contributed by atoms with Gasteiger partial charge < -0.3 is 15.2 Å². The molecule has 0 bridgehead atoms. The fraction of sp³-hybridized carbons (Fsp3) is 0.895. The first-order chi connectivity index (χ1) is 11.3. The fourth-order valence-corrected chi connectivity index (χ4v) is 6.97. The molecule has 7 atom stereocenters. The third-order valence-electron chi connectivity index (χ3n) is 8.25. The molecule has 5 nitrogen and oxygen atoms in total. The summed E-state index contributed by atoms with van der Waals surface area (Å²) in [6, 6.07) is 0.330. The minimum Gasteiger partial charge on any atom is -0.450 e. The standard InChI is InChI=1S/C19H29NO4/c1-18-10-8-16(21)20-14(18)5-3-11-12-4-6-15(24-17(22)23)19(12,2)9-7-13(11)18/h11-15H,3-10H2,1-2H3,(H,20,21)(H,22,23)/t11-,12-,13-,14+,15-,18+,19-/m0/s1. The van der Waals surface area contributed by atoms with E-state index in [9.17, 15) is 9.59 Å². The molecule has 4 rings (SSSR count). The van der Waals surface area contributed by atoms with Crippen molar-refractivity contribution in [3.05, 3.63) is 0 Å². The number of rotatable bonds is 1. The molecule has 0 aromatic heterocycles. The highest BCUT2D eigenvalue weighted by atomic mass is 16.7. The Balaban J connectivity index is 1.58. The first-order valence-corrected chi connectivity index (χ1v) is 9.53. The predicted octanol–water partition coefficient (Wildman–Crippen LogP) is 3.57. The first-order valence-electron chi connectivity index (χ1n) is 9.53. The second kappa shape index (κ2) is 5.37. The van der Waals surface area contributed by atoms with Crippen molar-refractivity contribution in [1.82, 2.24) is 5.32 Å². The number of carboxylic acid groups (broad SMARTS) is 1. The number of piperidine rings is 1. The van der Waals surface area contributed by atoms with Crippen LogP contribution in [0.5, 0.6) is 0 Å². The Morgan fingerprint density at radius 3 is 2.58 bits per heavy atom. The first kappa shape index (κ1) is 16.2. The van der Waals surface area contributed by atoms with Crippen LogP contribution < -0.4 is 5.32 Å². The van der Waals surface area contributed by atoms with E-state index in [1.165, 1.54) is 0 Å². The molecule has 134 valence electrons. The van der Waals surface area contributed by atoms with Gasteiger partial charge in [0.05, 0.1) is 0 Å². The Kier molecular flexibility index (Phi) is 3.63. The van der Waals surface area contributed by atoms with E-state index < -0.39 is 6.16 Å². The van der Waals surface area contributed by atoms with Crippen LogP contribution in [-0.2, 0) is 9.53 Å². The Bertz CT molecular complexity index is 564. The van der Waals surface area contributed by atoms with Crippen LogP contribution in [0, 0.1) is 28.6 Å². The molecule has 0 radical (unpaired) electrons. The van der Waals surface area contributed by atoms with Gasteiger partial charge in [0.2, 0.25) is 5.91 Å². The molecule has 0 aromatic carbocycles. The van der Waals surface area contributed by atoms with E-state index in [1.807, 2.05) is 0 Å². The highest BCUT2D eigenvalue weighted by Gasteiger charge is 2.61. The van der Waals surface area contributed by atoms with Crippen LogP contribution in [-0.4, -0.2) is 29.3 Å². The highest BCUT2D eigenvalue weighted by molar-refractivity contribution is 5.77. The van der Waals surface area contributed by atoms with Crippen LogP contribution >= 0.6 is 0 Å². The van der Waals surface area contributed by atoms with E-state index in [1.54, 1.807) is 0 Å². The summed E-state index contributed by atoms with van der Waals surface area (Å²) < 4.78 is 5.27. The van der Waals surface area contributed by atoms with Crippen LogP contribution in [0.15, 0.2) is 0 Å². The third-order valence-corrected chi connectivity index (χ3v) is 8.25. The molecule has 1 amide bonds. The molecule has 24 heavy (non-hydrogen) atoms. The quantitative estimate of drug-likeness (QED) is 0.718. The molecular formula is C19H29NO4. The summed E-state index contributed by atoms with van der Waals surface area (Å²) in [6.45, 7) is 4.64. The van der Waals surface area contributed by atoms with Crippen molar-refractivity contribution in [1.29, 1.82) is 0 Å². The number of ether oxygens (including phenoxy) is 1. The number of amides is 1. The van der Waals surface area contributed by atoms with Crippen molar-refractivity contribution in [3.8, 4) is 0 Å². The highest BCUT2D eigenvalue weighted by Crippen LogP contribution is 2.64. The van der Waals surface area contributed by atoms with Gasteiger partial charge in [0, 0.05) is 17.9 Å². The van der Waals surface area contributed by atoms with Gasteiger partial charge in [-0.3, -0.25) is 4.79 Å². The average molecular weight is 335 g/mol. The van der Waals surface area contributed by atoms with Crippen LogP contribution in [0.25, 0.3) is 0 Å². The molecular weight excluding hydrogens is 306 g/mol. The zero-order valence-electron chi connectivity index (χ0n) is 14.7. The maximum absolute atomic E-state index is 11.8. The van der Waals surface area contributed by atoms with Gasteiger partial charge in [0.15, 0.2) is 0 Å². The van der Waals surface area contributed by atoms with E-state index in [0.29, 0.717) is 30.2 Å². The van der Waals surface area contributed by atoms with Crippen molar-refractivity contribution in [2.24, 2.45) is 28.6 Å². The van der Waals surface area contributed by atoms with Gasteiger partial charge in [0.1, 0.15) is 6.10 Å². The summed E-state index contributed by atoms with van der Waals surface area (Å²) in [5, 5.41) is 12.3. The van der Waals surface area contributed by atoms with E-state index >= 15 is 0 Å². The number of hydrogen-bond acceptors (Lipinski definition) is 3. The van der Waals surface area contributed by atoms with E-state index in [0.717, 1.165) is 44.9 Å². The topological polar surface area (TPSA) is 75.6 Å². The van der Waals surface area contributed by atoms with Gasteiger partial charge in [-0.15, -0.1) is 0 Å². The van der Waals surface area contributed by atoms with Gasteiger partial charge in [-0.2, -0.15) is 0 Å². The summed E-state index contributed by atoms with van der Waals surface area (Å²) in [4.78, 5) is 22.9. The molecule has 1 saturated heterocycles. The third kappa shape index (κ3) is 2.19. The van der Waals surface area contributed by atoms with Crippen LogP contribution in [0.2, 0.25) is 0 Å². The number of hydrogen-bond donors (Lipinski definition) is 2. The molecule has 4 aliphatic rings. The Labute approximate surface area is 143 Å². The van der Waals surface area contributed by atoms with Crippen molar-refractivity contribution in [3.63, 3.8) is 0 Å². The SMILES string of the molecule is C[C@]12CCC(=O)N[C@@H]1CC[C@@H]1[C@@H]2CC[C@]2(C)[C@@H](OC(=O)O)CC[C@@H]12. The van der Waals surface area contributed by atoms with E-state index in [4.69, 9.17) is 9.84 Å². The van der Waals surface area contributed by atoms with Gasteiger partial charge >= 0.3 is 6.16 Å². The number of carbonyl (C=O) groups excluding carboxylic acids is 1. The molecule has 0 spiro atoms. The smallest absolute Gasteiger partial charge is 0.450 e. The second-order valence-corrected chi connectivity index (χ2v) is 9.07. The van der Waals surface area contributed by atoms with E-state index in [2.05, 4.69) is 19.2 Å². The molecule has 2 N–H and O–H groups in total. The maximum Gasteiger partial charge on any atom is 0.506 e.